The van der Waals surface area contributed by atoms with Crippen LogP contribution >= 0.6 is 0 Å². The Morgan fingerprint density at radius 1 is 0.949 bits per heavy atom. The maximum atomic E-state index is 14.8. The summed E-state index contributed by atoms with van der Waals surface area (Å²) in [6.45, 7) is 6.07. The van der Waals surface area contributed by atoms with E-state index in [-0.39, 0.29) is 12.2 Å². The maximum Gasteiger partial charge on any atom is 0.348 e. The third-order valence-electron chi connectivity index (χ3n) is 6.68. The third kappa shape index (κ3) is 8.28. The van der Waals surface area contributed by atoms with E-state index in [1.807, 2.05) is 0 Å². The molecule has 0 saturated heterocycles. The molecule has 2 aromatic carbocycles. The Hall–Kier alpha value is -3.42. The second-order valence-electron chi connectivity index (χ2n) is 9.88. The summed E-state index contributed by atoms with van der Waals surface area (Å²) < 4.78 is 54.0. The van der Waals surface area contributed by atoms with Crippen LogP contribution in [0.5, 0.6) is 11.5 Å². The molecule has 0 bridgehead atoms. The fourth-order valence-electron chi connectivity index (χ4n) is 3.96. The van der Waals surface area contributed by atoms with Crippen LogP contribution in [0.25, 0.3) is 22.5 Å². The molecule has 0 aliphatic carbocycles. The summed E-state index contributed by atoms with van der Waals surface area (Å²) >= 11 is 0. The first-order chi connectivity index (χ1) is 18.7. The van der Waals surface area contributed by atoms with Crippen molar-refractivity contribution in [3.63, 3.8) is 0 Å². The minimum Gasteiger partial charge on any atom is -0.487 e. The molecule has 8 heteroatoms. The van der Waals surface area contributed by atoms with Crippen molar-refractivity contribution in [1.29, 1.82) is 0 Å². The number of nitrogens with zero attached hydrogens (tertiary/aromatic N) is 2. The second-order valence-corrected chi connectivity index (χ2v) is 9.88. The van der Waals surface area contributed by atoms with Gasteiger partial charge in [-0.2, -0.15) is 0 Å². The Kier molecular flexibility index (Phi) is 10.9. The van der Waals surface area contributed by atoms with Crippen molar-refractivity contribution >= 4 is 5.97 Å². The van der Waals surface area contributed by atoms with Crippen LogP contribution in [0, 0.1) is 0 Å². The maximum absolute atomic E-state index is 14.8. The fraction of sp³-hybridized carbons (Fsp3) is 0.452. The molecule has 4 unspecified atom stereocenters. The Morgan fingerprint density at radius 3 is 2.23 bits per heavy atom. The van der Waals surface area contributed by atoms with Crippen molar-refractivity contribution in [2.24, 2.45) is 0 Å². The molecule has 210 valence electrons. The third-order valence-corrected chi connectivity index (χ3v) is 6.68. The molecule has 39 heavy (non-hydrogen) atoms. The minimum atomic E-state index is -2.05. The average molecular weight is 543 g/mol. The largest absolute Gasteiger partial charge is 0.487 e. The smallest absolute Gasteiger partial charge is 0.348 e. The zero-order chi connectivity index (χ0) is 28.4. The number of halogens is 3. The predicted octanol–water partition coefficient (Wildman–Crippen LogP) is 8.27. The summed E-state index contributed by atoms with van der Waals surface area (Å²) in [4.78, 5) is 20.9. The highest BCUT2D eigenvalue weighted by Gasteiger charge is 2.33. The molecule has 0 N–H and O–H groups in total. The number of rotatable bonds is 14. The average Bonchev–Trinajstić information content (AvgIpc) is 2.95. The minimum absolute atomic E-state index is 0.0186. The molecule has 1 heterocycles. The Balaban J connectivity index is 1.75. The summed E-state index contributed by atoms with van der Waals surface area (Å²) in [5, 5.41) is 0. The number of esters is 1. The van der Waals surface area contributed by atoms with Crippen molar-refractivity contribution in [3.05, 3.63) is 60.9 Å². The van der Waals surface area contributed by atoms with Crippen molar-refractivity contribution in [3.8, 4) is 34.0 Å². The van der Waals surface area contributed by atoms with E-state index in [2.05, 4.69) is 16.9 Å². The molecule has 0 spiro atoms. The van der Waals surface area contributed by atoms with Gasteiger partial charge in [-0.25, -0.2) is 27.9 Å². The highest BCUT2D eigenvalue weighted by molar-refractivity contribution is 5.81. The van der Waals surface area contributed by atoms with Crippen LogP contribution in [0.15, 0.2) is 60.9 Å². The normalized spacial score (nSPS) is 15.2. The summed E-state index contributed by atoms with van der Waals surface area (Å²) in [5.74, 6) is 0.0829. The van der Waals surface area contributed by atoms with Gasteiger partial charge in [-0.05, 0) is 62.9 Å². The van der Waals surface area contributed by atoms with Crippen LogP contribution in [0.4, 0.5) is 13.2 Å². The molecular formula is C31H37F3N2O3. The van der Waals surface area contributed by atoms with E-state index >= 15 is 0 Å². The molecule has 0 amide bonds. The van der Waals surface area contributed by atoms with E-state index in [9.17, 15) is 18.0 Å². The zero-order valence-electron chi connectivity index (χ0n) is 23.0. The number of ether oxygens (including phenoxy) is 2. The Labute approximate surface area is 228 Å². The molecule has 3 rings (SSSR count). The van der Waals surface area contributed by atoms with E-state index in [1.54, 1.807) is 67.8 Å². The molecule has 0 saturated carbocycles. The number of hydrogen-bond donors (Lipinski definition) is 0. The lowest BCUT2D eigenvalue weighted by Gasteiger charge is -2.24. The van der Waals surface area contributed by atoms with Gasteiger partial charge in [0.05, 0.1) is 5.56 Å². The molecule has 0 fully saturated rings. The van der Waals surface area contributed by atoms with Gasteiger partial charge in [0.1, 0.15) is 23.8 Å². The van der Waals surface area contributed by atoms with Crippen LogP contribution in [0.2, 0.25) is 0 Å². The van der Waals surface area contributed by atoms with Crippen LogP contribution in [0.3, 0.4) is 0 Å². The van der Waals surface area contributed by atoms with Crippen LogP contribution < -0.4 is 9.47 Å². The monoisotopic (exact) mass is 542 g/mol. The van der Waals surface area contributed by atoms with Gasteiger partial charge in [0.15, 0.2) is 12.0 Å². The summed E-state index contributed by atoms with van der Waals surface area (Å²) in [5.41, 5.74) is 0.0115. The lowest BCUT2D eigenvalue weighted by molar-refractivity contribution is -0.146. The van der Waals surface area contributed by atoms with Gasteiger partial charge >= 0.3 is 5.97 Å². The van der Waals surface area contributed by atoms with Crippen LogP contribution in [-0.4, -0.2) is 40.1 Å². The Bertz CT molecular complexity index is 1180. The molecular weight excluding hydrogens is 505 g/mol. The van der Waals surface area contributed by atoms with Gasteiger partial charge in [0.2, 0.25) is 5.67 Å². The second kappa shape index (κ2) is 14.1. The van der Waals surface area contributed by atoms with E-state index < -0.39 is 30.1 Å². The number of unbranched alkanes of at least 4 members (excludes halogenated alkanes) is 3. The topological polar surface area (TPSA) is 61.3 Å². The molecule has 0 aliphatic heterocycles. The fourth-order valence-corrected chi connectivity index (χ4v) is 3.96. The number of hydrogen-bond acceptors (Lipinski definition) is 5. The summed E-state index contributed by atoms with van der Waals surface area (Å²) in [7, 11) is 0. The van der Waals surface area contributed by atoms with E-state index in [1.165, 1.54) is 13.8 Å². The predicted molar refractivity (Wildman–Crippen MR) is 147 cm³/mol. The van der Waals surface area contributed by atoms with E-state index in [4.69, 9.17) is 9.47 Å². The van der Waals surface area contributed by atoms with Crippen LogP contribution in [0.1, 0.15) is 66.2 Å². The number of aromatic nitrogens is 2. The zero-order valence-corrected chi connectivity index (χ0v) is 23.0. The highest BCUT2D eigenvalue weighted by atomic mass is 19.2. The number of carbonyl (C=O) groups excluding carboxylic acids is 1. The molecule has 0 radical (unpaired) electrons. The highest BCUT2D eigenvalue weighted by Crippen LogP contribution is 2.31. The summed E-state index contributed by atoms with van der Waals surface area (Å²) in [6, 6.07) is 13.7. The van der Waals surface area contributed by atoms with Crippen molar-refractivity contribution in [2.75, 3.05) is 0 Å². The van der Waals surface area contributed by atoms with Gasteiger partial charge in [0.25, 0.3) is 0 Å². The molecule has 4 atom stereocenters. The molecule has 0 aliphatic rings. The number of para-hydroxylation sites is 1. The molecule has 1 aromatic heterocycles. The first kappa shape index (κ1) is 30.1. The number of benzene rings is 2. The van der Waals surface area contributed by atoms with E-state index in [0.29, 0.717) is 29.1 Å². The molecule has 3 aromatic rings. The van der Waals surface area contributed by atoms with Gasteiger partial charge < -0.3 is 9.47 Å². The Morgan fingerprint density at radius 2 is 1.62 bits per heavy atom. The van der Waals surface area contributed by atoms with Crippen molar-refractivity contribution in [2.45, 2.75) is 90.3 Å². The van der Waals surface area contributed by atoms with Gasteiger partial charge in [-0.3, -0.25) is 0 Å². The SMILES string of the molecule is CCCCCCC(Oc1ccccc1-c1ncc(-c2ccc(OC(=O)C(C)(F)CC)cc2)cn1)C(F)C(C)F. The first-order valence-corrected chi connectivity index (χ1v) is 13.5. The van der Waals surface area contributed by atoms with Gasteiger partial charge in [0, 0.05) is 18.0 Å². The first-order valence-electron chi connectivity index (χ1n) is 13.5. The van der Waals surface area contributed by atoms with Crippen LogP contribution in [-0.2, 0) is 4.79 Å². The number of alkyl halides is 3. The standard InChI is InChI=1S/C31H37F3N2O3/c1-5-7-8-9-14-27(28(33)21(3)32)39-26-13-11-10-12-25(26)29-35-19-23(20-36-29)22-15-17-24(18-16-22)38-30(37)31(4,34)6-2/h10-13,15-21,27-28H,5-9,14H2,1-4H3. The summed E-state index contributed by atoms with van der Waals surface area (Å²) in [6.07, 6.45) is 3.18. The van der Waals surface area contributed by atoms with Crippen molar-refractivity contribution in [1.82, 2.24) is 9.97 Å². The number of carbonyl (C=O) groups is 1. The lowest BCUT2D eigenvalue weighted by atomic mass is 10.0. The lowest BCUT2D eigenvalue weighted by Crippen LogP contribution is -2.34. The quantitative estimate of drug-likeness (QED) is 0.117. The van der Waals surface area contributed by atoms with Gasteiger partial charge in [-0.15, -0.1) is 0 Å². The molecule has 5 nitrogen and oxygen atoms in total. The van der Waals surface area contributed by atoms with Crippen molar-refractivity contribution < 1.29 is 27.4 Å². The van der Waals surface area contributed by atoms with E-state index in [0.717, 1.165) is 31.2 Å². The van der Waals surface area contributed by atoms with Gasteiger partial charge in [-0.1, -0.05) is 57.4 Å².